The van der Waals surface area contributed by atoms with Gasteiger partial charge in [0, 0.05) is 0 Å². The highest BCUT2D eigenvalue weighted by molar-refractivity contribution is 5.35. The van der Waals surface area contributed by atoms with Crippen LogP contribution in [0.3, 0.4) is 0 Å². The lowest BCUT2D eigenvalue weighted by molar-refractivity contribution is 0.615. The highest BCUT2D eigenvalue weighted by atomic mass is 14.8. The van der Waals surface area contributed by atoms with Gasteiger partial charge in [0.1, 0.15) is 0 Å². The van der Waals surface area contributed by atoms with Gasteiger partial charge in [-0.1, -0.05) is 52.8 Å². The fraction of sp³-hybridized carbons (Fsp3) is 0.684. The summed E-state index contributed by atoms with van der Waals surface area (Å²) in [4.78, 5) is 0. The predicted molar refractivity (Wildman–Crippen MR) is 90.7 cm³/mol. The van der Waals surface area contributed by atoms with Crippen LogP contribution in [-0.2, 0) is 6.42 Å². The molecule has 0 saturated carbocycles. The van der Waals surface area contributed by atoms with Crippen molar-refractivity contribution in [2.45, 2.75) is 72.1 Å². The first kappa shape index (κ1) is 17.2. The summed E-state index contributed by atoms with van der Waals surface area (Å²) in [6, 6.07) is 7.12. The van der Waals surface area contributed by atoms with Crippen LogP contribution in [0.25, 0.3) is 0 Å². The molecule has 0 fully saturated rings. The van der Waals surface area contributed by atoms with Crippen molar-refractivity contribution in [3.05, 3.63) is 34.9 Å². The zero-order chi connectivity index (χ0) is 15.0. The molecule has 0 spiro atoms. The quantitative estimate of drug-likeness (QED) is 0.606. The van der Waals surface area contributed by atoms with Crippen LogP contribution in [0.4, 0.5) is 0 Å². The van der Waals surface area contributed by atoms with Gasteiger partial charge >= 0.3 is 0 Å². The molecule has 0 bridgehead atoms. The molecule has 0 heterocycles. The third-order valence-electron chi connectivity index (χ3n) is 3.94. The third kappa shape index (κ3) is 5.66. The number of unbranched alkanes of at least 4 members (excludes halogenated alkanes) is 1. The van der Waals surface area contributed by atoms with Crippen molar-refractivity contribution in [1.82, 2.24) is 5.32 Å². The minimum absolute atomic E-state index is 0.625. The van der Waals surface area contributed by atoms with Gasteiger partial charge in [0.05, 0.1) is 0 Å². The summed E-state index contributed by atoms with van der Waals surface area (Å²) in [7, 11) is 0. The third-order valence-corrected chi connectivity index (χ3v) is 3.94. The summed E-state index contributed by atoms with van der Waals surface area (Å²) in [5.74, 6) is 1.25. The number of aryl methyl sites for hydroxylation is 1. The minimum atomic E-state index is 0.625. The monoisotopic (exact) mass is 275 g/mol. The molecule has 0 saturated heterocycles. The van der Waals surface area contributed by atoms with Crippen LogP contribution in [0.15, 0.2) is 18.2 Å². The van der Waals surface area contributed by atoms with E-state index >= 15 is 0 Å². The number of nitrogens with one attached hydrogen (secondary N) is 1. The molecule has 1 rings (SSSR count). The van der Waals surface area contributed by atoms with Crippen LogP contribution in [0.5, 0.6) is 0 Å². The zero-order valence-electron chi connectivity index (χ0n) is 14.1. The van der Waals surface area contributed by atoms with E-state index in [9.17, 15) is 0 Å². The van der Waals surface area contributed by atoms with E-state index in [1.807, 2.05) is 0 Å². The molecular formula is C19H33N. The fourth-order valence-corrected chi connectivity index (χ4v) is 2.60. The maximum Gasteiger partial charge on any atom is -0.00488 e. The maximum absolute atomic E-state index is 3.48. The van der Waals surface area contributed by atoms with Crippen molar-refractivity contribution in [3.63, 3.8) is 0 Å². The Morgan fingerprint density at radius 2 is 1.70 bits per heavy atom. The fourth-order valence-electron chi connectivity index (χ4n) is 2.60. The highest BCUT2D eigenvalue weighted by Crippen LogP contribution is 2.26. The Labute approximate surface area is 126 Å². The van der Waals surface area contributed by atoms with Gasteiger partial charge in [0.25, 0.3) is 0 Å². The van der Waals surface area contributed by atoms with E-state index in [1.165, 1.54) is 31.2 Å². The average Bonchev–Trinajstić information content (AvgIpc) is 2.42. The van der Waals surface area contributed by atoms with Crippen molar-refractivity contribution in [2.24, 2.45) is 0 Å². The Morgan fingerprint density at radius 1 is 0.950 bits per heavy atom. The first-order valence-corrected chi connectivity index (χ1v) is 8.39. The summed E-state index contributed by atoms with van der Waals surface area (Å²) < 4.78 is 0. The lowest BCUT2D eigenvalue weighted by Crippen LogP contribution is -2.16. The average molecular weight is 275 g/mol. The second-order valence-electron chi connectivity index (χ2n) is 6.47. The lowest BCUT2D eigenvalue weighted by atomic mass is 9.89. The summed E-state index contributed by atoms with van der Waals surface area (Å²) >= 11 is 0. The van der Waals surface area contributed by atoms with Crippen LogP contribution in [0.2, 0.25) is 0 Å². The van der Waals surface area contributed by atoms with Gasteiger partial charge in [0.2, 0.25) is 0 Å². The molecule has 1 aromatic carbocycles. The van der Waals surface area contributed by atoms with Crippen molar-refractivity contribution < 1.29 is 0 Å². The van der Waals surface area contributed by atoms with Gasteiger partial charge in [-0.05, 0) is 67.3 Å². The maximum atomic E-state index is 3.48. The Kier molecular flexibility index (Phi) is 7.91. The van der Waals surface area contributed by atoms with Crippen LogP contribution in [-0.4, -0.2) is 13.1 Å². The number of hydrogen-bond acceptors (Lipinski definition) is 1. The molecule has 0 aliphatic carbocycles. The molecule has 0 aliphatic rings. The molecule has 1 N–H and O–H groups in total. The Hall–Kier alpha value is -0.820. The van der Waals surface area contributed by atoms with Gasteiger partial charge in [-0.15, -0.1) is 0 Å². The molecular weight excluding hydrogens is 242 g/mol. The van der Waals surface area contributed by atoms with Crippen LogP contribution >= 0.6 is 0 Å². The number of rotatable bonds is 9. The molecule has 0 radical (unpaired) electrons. The zero-order valence-corrected chi connectivity index (χ0v) is 14.1. The van der Waals surface area contributed by atoms with E-state index in [2.05, 4.69) is 58.1 Å². The van der Waals surface area contributed by atoms with E-state index < -0.39 is 0 Å². The summed E-state index contributed by atoms with van der Waals surface area (Å²) in [5.41, 5.74) is 4.58. The minimum Gasteiger partial charge on any atom is -0.317 e. The standard InChI is InChI=1S/C19H33N/c1-6-12-20-13-8-7-9-17-10-11-18(15(2)3)14-19(17)16(4)5/h10-11,14-16,20H,6-9,12-13H2,1-5H3. The molecule has 1 heteroatoms. The molecule has 0 amide bonds. The summed E-state index contributed by atoms with van der Waals surface area (Å²) in [5, 5.41) is 3.48. The second kappa shape index (κ2) is 9.18. The van der Waals surface area contributed by atoms with Crippen molar-refractivity contribution in [3.8, 4) is 0 Å². The van der Waals surface area contributed by atoms with Gasteiger partial charge in [-0.2, -0.15) is 0 Å². The van der Waals surface area contributed by atoms with Gasteiger partial charge in [-0.3, -0.25) is 0 Å². The summed E-state index contributed by atoms with van der Waals surface area (Å²) in [6.07, 6.45) is 5.02. The molecule has 0 aliphatic heterocycles. The number of hydrogen-bond donors (Lipinski definition) is 1. The van der Waals surface area contributed by atoms with E-state index in [0.717, 1.165) is 13.1 Å². The Balaban J connectivity index is 2.56. The molecule has 20 heavy (non-hydrogen) atoms. The van der Waals surface area contributed by atoms with E-state index in [1.54, 1.807) is 11.1 Å². The van der Waals surface area contributed by atoms with Gasteiger partial charge in [0.15, 0.2) is 0 Å². The lowest BCUT2D eigenvalue weighted by Gasteiger charge is -2.16. The number of benzene rings is 1. The molecule has 1 nitrogen and oxygen atoms in total. The smallest absolute Gasteiger partial charge is 0.00488 e. The summed E-state index contributed by atoms with van der Waals surface area (Å²) in [6.45, 7) is 13.7. The first-order chi connectivity index (χ1) is 9.56. The van der Waals surface area contributed by atoms with Crippen molar-refractivity contribution in [2.75, 3.05) is 13.1 Å². The van der Waals surface area contributed by atoms with Gasteiger partial charge in [-0.25, -0.2) is 0 Å². The second-order valence-corrected chi connectivity index (χ2v) is 6.47. The van der Waals surface area contributed by atoms with E-state index in [0.29, 0.717) is 11.8 Å². The Morgan fingerprint density at radius 3 is 2.30 bits per heavy atom. The van der Waals surface area contributed by atoms with E-state index in [4.69, 9.17) is 0 Å². The largest absolute Gasteiger partial charge is 0.317 e. The van der Waals surface area contributed by atoms with Crippen molar-refractivity contribution >= 4 is 0 Å². The molecule has 0 unspecified atom stereocenters. The van der Waals surface area contributed by atoms with Crippen LogP contribution in [0, 0.1) is 0 Å². The molecule has 1 aromatic rings. The van der Waals surface area contributed by atoms with Crippen LogP contribution < -0.4 is 5.32 Å². The molecule has 0 atom stereocenters. The predicted octanol–water partition coefficient (Wildman–Crippen LogP) is 5.26. The Bertz CT molecular complexity index is 379. The SMILES string of the molecule is CCCNCCCCc1ccc(C(C)C)cc1C(C)C. The molecule has 114 valence electrons. The molecule has 0 aromatic heterocycles. The topological polar surface area (TPSA) is 12.0 Å². The normalized spacial score (nSPS) is 11.6. The van der Waals surface area contributed by atoms with Crippen LogP contribution in [0.1, 0.15) is 82.4 Å². The van der Waals surface area contributed by atoms with E-state index in [-0.39, 0.29) is 0 Å². The first-order valence-electron chi connectivity index (χ1n) is 8.39. The van der Waals surface area contributed by atoms with Gasteiger partial charge < -0.3 is 5.32 Å². The van der Waals surface area contributed by atoms with Crippen molar-refractivity contribution in [1.29, 1.82) is 0 Å². The highest BCUT2D eigenvalue weighted by Gasteiger charge is 2.09.